The van der Waals surface area contributed by atoms with Gasteiger partial charge in [0.15, 0.2) is 0 Å². The summed E-state index contributed by atoms with van der Waals surface area (Å²) in [4.78, 5) is 24.1. The van der Waals surface area contributed by atoms with Gasteiger partial charge in [0.1, 0.15) is 5.01 Å². The highest BCUT2D eigenvalue weighted by Gasteiger charge is 2.32. The van der Waals surface area contributed by atoms with Crippen LogP contribution in [-0.2, 0) is 17.6 Å². The summed E-state index contributed by atoms with van der Waals surface area (Å²) in [6.07, 6.45) is 4.48. The summed E-state index contributed by atoms with van der Waals surface area (Å²) >= 11 is 3.25. The normalized spacial score (nSPS) is 16.0. The first-order chi connectivity index (χ1) is 11.3. The third-order valence-electron chi connectivity index (χ3n) is 4.45. The van der Waals surface area contributed by atoms with Crippen LogP contribution in [-0.4, -0.2) is 22.4 Å². The van der Waals surface area contributed by atoms with Gasteiger partial charge in [-0.2, -0.15) is 0 Å². The van der Waals surface area contributed by atoms with Gasteiger partial charge < -0.3 is 4.90 Å². The molecule has 23 heavy (non-hydrogen) atoms. The molecule has 0 aliphatic carbocycles. The van der Waals surface area contributed by atoms with Crippen LogP contribution in [0.5, 0.6) is 0 Å². The summed E-state index contributed by atoms with van der Waals surface area (Å²) in [6.45, 7) is 0.865. The summed E-state index contributed by atoms with van der Waals surface area (Å²) < 4.78 is 0. The fraction of sp³-hybridized carbons (Fsp3) is 0.235. The SMILES string of the molecule is O=C1Cc2cc(-c3csc(-c4cncs4)n3)cc3c2N1CCC3. The van der Waals surface area contributed by atoms with Crippen molar-refractivity contribution < 1.29 is 4.79 Å². The number of anilines is 1. The Morgan fingerprint density at radius 3 is 2.96 bits per heavy atom. The molecule has 4 nitrogen and oxygen atoms in total. The van der Waals surface area contributed by atoms with Crippen LogP contribution >= 0.6 is 22.7 Å². The van der Waals surface area contributed by atoms with Gasteiger partial charge in [0.05, 0.1) is 28.2 Å². The van der Waals surface area contributed by atoms with E-state index in [2.05, 4.69) is 22.5 Å². The molecular formula is C17H13N3OS2. The summed E-state index contributed by atoms with van der Waals surface area (Å²) in [5.41, 5.74) is 7.58. The average molecular weight is 339 g/mol. The second kappa shape index (κ2) is 4.97. The van der Waals surface area contributed by atoms with Gasteiger partial charge in [-0.3, -0.25) is 9.78 Å². The van der Waals surface area contributed by atoms with Gasteiger partial charge in [-0.1, -0.05) is 0 Å². The van der Waals surface area contributed by atoms with Gasteiger partial charge in [0, 0.05) is 23.7 Å². The number of carbonyl (C=O) groups is 1. The Morgan fingerprint density at radius 2 is 2.09 bits per heavy atom. The number of rotatable bonds is 2. The van der Waals surface area contributed by atoms with Gasteiger partial charge in [-0.25, -0.2) is 4.98 Å². The van der Waals surface area contributed by atoms with E-state index in [0.29, 0.717) is 6.42 Å². The molecule has 3 aromatic rings. The van der Waals surface area contributed by atoms with Crippen molar-refractivity contribution in [1.82, 2.24) is 9.97 Å². The Hall–Kier alpha value is -2.05. The molecule has 0 saturated heterocycles. The van der Waals surface area contributed by atoms with E-state index < -0.39 is 0 Å². The predicted octanol–water partition coefficient (Wildman–Crippen LogP) is 3.77. The number of amides is 1. The van der Waals surface area contributed by atoms with Crippen molar-refractivity contribution in [3.8, 4) is 21.1 Å². The van der Waals surface area contributed by atoms with Crippen molar-refractivity contribution in [3.63, 3.8) is 0 Å². The van der Waals surface area contributed by atoms with Crippen LogP contribution in [0.4, 0.5) is 5.69 Å². The standard InChI is InChI=1S/C17H13N3OS2/c21-15-6-12-5-11(4-10-2-1-3-20(15)16(10)12)13-8-22-17(19-13)14-7-18-9-23-14/h4-5,7-9H,1-3,6H2. The van der Waals surface area contributed by atoms with E-state index in [4.69, 9.17) is 4.98 Å². The zero-order chi connectivity index (χ0) is 15.4. The maximum Gasteiger partial charge on any atom is 0.231 e. The summed E-state index contributed by atoms with van der Waals surface area (Å²) in [7, 11) is 0. The monoisotopic (exact) mass is 339 g/mol. The minimum atomic E-state index is 0.238. The van der Waals surface area contributed by atoms with E-state index in [1.807, 2.05) is 16.6 Å². The molecule has 5 rings (SSSR count). The zero-order valence-electron chi connectivity index (χ0n) is 12.3. The number of benzene rings is 1. The molecule has 6 heteroatoms. The lowest BCUT2D eigenvalue weighted by Gasteiger charge is -2.25. The van der Waals surface area contributed by atoms with Crippen LogP contribution < -0.4 is 4.90 Å². The minimum Gasteiger partial charge on any atom is -0.312 e. The van der Waals surface area contributed by atoms with E-state index in [-0.39, 0.29) is 5.91 Å². The fourth-order valence-corrected chi connectivity index (χ4v) is 4.99. The van der Waals surface area contributed by atoms with Crippen molar-refractivity contribution in [2.45, 2.75) is 19.3 Å². The molecule has 0 N–H and O–H groups in total. The van der Waals surface area contributed by atoms with Gasteiger partial charge >= 0.3 is 0 Å². The largest absolute Gasteiger partial charge is 0.312 e. The number of hydrogen-bond donors (Lipinski definition) is 0. The topological polar surface area (TPSA) is 46.1 Å². The van der Waals surface area contributed by atoms with E-state index in [1.165, 1.54) is 11.3 Å². The van der Waals surface area contributed by atoms with Crippen molar-refractivity contribution in [2.75, 3.05) is 11.4 Å². The van der Waals surface area contributed by atoms with Crippen molar-refractivity contribution >= 4 is 34.3 Å². The molecule has 114 valence electrons. The van der Waals surface area contributed by atoms with E-state index in [0.717, 1.165) is 46.1 Å². The van der Waals surface area contributed by atoms with E-state index >= 15 is 0 Å². The lowest BCUT2D eigenvalue weighted by molar-refractivity contribution is -0.117. The summed E-state index contributed by atoms with van der Waals surface area (Å²) in [6, 6.07) is 4.36. The second-order valence-electron chi connectivity index (χ2n) is 5.87. The quantitative estimate of drug-likeness (QED) is 0.714. The Balaban J connectivity index is 1.60. The number of thiazole rings is 2. The molecule has 1 amide bonds. The van der Waals surface area contributed by atoms with Crippen LogP contribution in [0.25, 0.3) is 21.1 Å². The molecule has 0 spiro atoms. The average Bonchev–Trinajstić information content (AvgIpc) is 3.28. The smallest absolute Gasteiger partial charge is 0.231 e. The highest BCUT2D eigenvalue weighted by atomic mass is 32.1. The van der Waals surface area contributed by atoms with Crippen molar-refractivity contribution in [3.05, 3.63) is 40.3 Å². The number of aryl methyl sites for hydroxylation is 1. The second-order valence-corrected chi connectivity index (χ2v) is 7.62. The Bertz CT molecular complexity index is 914. The number of nitrogens with zero attached hydrogens (tertiary/aromatic N) is 3. The Kier molecular flexibility index (Phi) is 2.90. The lowest BCUT2D eigenvalue weighted by Crippen LogP contribution is -2.31. The summed E-state index contributed by atoms with van der Waals surface area (Å²) in [5, 5.41) is 3.11. The van der Waals surface area contributed by atoms with Crippen molar-refractivity contribution in [2.24, 2.45) is 0 Å². The first kappa shape index (κ1) is 13.4. The molecule has 2 aliphatic rings. The number of carbonyl (C=O) groups excluding carboxylic acids is 1. The maximum atomic E-state index is 12.2. The molecule has 1 aromatic carbocycles. The number of aromatic nitrogens is 2. The molecule has 2 aliphatic heterocycles. The Morgan fingerprint density at radius 1 is 1.17 bits per heavy atom. The molecule has 2 aromatic heterocycles. The summed E-state index contributed by atoms with van der Waals surface area (Å²) in [5.74, 6) is 0.238. The molecule has 4 heterocycles. The van der Waals surface area contributed by atoms with Crippen LogP contribution in [0, 0.1) is 0 Å². The van der Waals surface area contributed by atoms with Crippen LogP contribution in [0.1, 0.15) is 17.5 Å². The first-order valence-electron chi connectivity index (χ1n) is 7.60. The molecule has 0 fully saturated rings. The van der Waals surface area contributed by atoms with Gasteiger partial charge in [0.2, 0.25) is 5.91 Å². The van der Waals surface area contributed by atoms with E-state index in [1.54, 1.807) is 22.7 Å². The van der Waals surface area contributed by atoms with Gasteiger partial charge in [-0.05, 0) is 36.1 Å². The highest BCUT2D eigenvalue weighted by molar-refractivity contribution is 7.20. The lowest BCUT2D eigenvalue weighted by atomic mass is 9.96. The zero-order valence-corrected chi connectivity index (χ0v) is 13.9. The molecule has 0 radical (unpaired) electrons. The highest BCUT2D eigenvalue weighted by Crippen LogP contribution is 2.40. The van der Waals surface area contributed by atoms with Crippen molar-refractivity contribution in [1.29, 1.82) is 0 Å². The Labute approximate surface area is 141 Å². The molecular weight excluding hydrogens is 326 g/mol. The molecule has 0 unspecified atom stereocenters. The third-order valence-corrected chi connectivity index (χ3v) is 6.24. The molecule has 0 saturated carbocycles. The van der Waals surface area contributed by atoms with E-state index in [9.17, 15) is 4.79 Å². The van der Waals surface area contributed by atoms with Gasteiger partial charge in [-0.15, -0.1) is 22.7 Å². The number of hydrogen-bond acceptors (Lipinski definition) is 5. The third kappa shape index (κ3) is 2.05. The fourth-order valence-electron chi connectivity index (χ4n) is 3.47. The predicted molar refractivity (Wildman–Crippen MR) is 93.0 cm³/mol. The molecule has 0 atom stereocenters. The van der Waals surface area contributed by atoms with Gasteiger partial charge in [0.25, 0.3) is 0 Å². The van der Waals surface area contributed by atoms with Crippen LogP contribution in [0.3, 0.4) is 0 Å². The minimum absolute atomic E-state index is 0.238. The first-order valence-corrected chi connectivity index (χ1v) is 9.36. The van der Waals surface area contributed by atoms with Crippen LogP contribution in [0.15, 0.2) is 29.2 Å². The molecule has 0 bridgehead atoms. The van der Waals surface area contributed by atoms with Crippen LogP contribution in [0.2, 0.25) is 0 Å². The maximum absolute atomic E-state index is 12.2.